The molecule has 1 aliphatic rings. The largest absolute Gasteiger partial charge is 0.507 e. The van der Waals surface area contributed by atoms with Crippen LogP contribution in [0.5, 0.6) is 5.75 Å². The van der Waals surface area contributed by atoms with Gasteiger partial charge >= 0.3 is 0 Å². The van der Waals surface area contributed by atoms with E-state index in [2.05, 4.69) is 9.97 Å². The molecule has 0 bridgehead atoms. The third-order valence-corrected chi connectivity index (χ3v) is 5.36. The number of hydrogen-bond donors (Lipinski definition) is 1. The first kappa shape index (κ1) is 21.2. The number of ether oxygens (including phenoxy) is 1. The van der Waals surface area contributed by atoms with Crippen LogP contribution in [0, 0.1) is 5.82 Å². The molecule has 0 radical (unpaired) electrons. The van der Waals surface area contributed by atoms with E-state index in [9.17, 15) is 19.1 Å². The number of amides is 1. The fourth-order valence-corrected chi connectivity index (χ4v) is 3.81. The summed E-state index contributed by atoms with van der Waals surface area (Å²) in [5.74, 6) is -2.65. The van der Waals surface area contributed by atoms with E-state index in [0.29, 0.717) is 18.5 Å². The normalized spacial score (nSPS) is 17.7. The summed E-state index contributed by atoms with van der Waals surface area (Å²) >= 11 is 0. The molecule has 0 unspecified atom stereocenters. The molecule has 1 aliphatic heterocycles. The highest BCUT2D eigenvalue weighted by molar-refractivity contribution is 6.46. The van der Waals surface area contributed by atoms with Crippen LogP contribution >= 0.6 is 0 Å². The van der Waals surface area contributed by atoms with Crippen molar-refractivity contribution in [2.75, 3.05) is 13.7 Å². The summed E-state index contributed by atoms with van der Waals surface area (Å²) in [5.41, 5.74) is 0.615. The third-order valence-electron chi connectivity index (χ3n) is 5.36. The first-order valence-corrected chi connectivity index (χ1v) is 9.99. The zero-order valence-corrected chi connectivity index (χ0v) is 17.3. The number of imidazole rings is 1. The summed E-state index contributed by atoms with van der Waals surface area (Å²) in [6, 6.07) is 6.42. The minimum atomic E-state index is -0.817. The number of benzene rings is 1. The van der Waals surface area contributed by atoms with Crippen molar-refractivity contribution in [2.45, 2.75) is 19.0 Å². The van der Waals surface area contributed by atoms with E-state index in [4.69, 9.17) is 4.74 Å². The van der Waals surface area contributed by atoms with E-state index in [-0.39, 0.29) is 23.4 Å². The molecule has 1 atom stereocenters. The first-order valence-electron chi connectivity index (χ1n) is 9.99. The number of carbonyl (C=O) groups is 2. The second-order valence-corrected chi connectivity index (χ2v) is 7.28. The summed E-state index contributed by atoms with van der Waals surface area (Å²) in [6.45, 7) is 0.888. The molecule has 1 fully saturated rings. The molecule has 1 aromatic carbocycles. The van der Waals surface area contributed by atoms with Crippen molar-refractivity contribution in [3.63, 3.8) is 0 Å². The summed E-state index contributed by atoms with van der Waals surface area (Å²) in [7, 11) is 1.33. The lowest BCUT2D eigenvalue weighted by Gasteiger charge is -2.25. The van der Waals surface area contributed by atoms with E-state index in [1.54, 1.807) is 37.1 Å². The van der Waals surface area contributed by atoms with Gasteiger partial charge in [0.15, 0.2) is 11.6 Å². The number of aryl methyl sites for hydroxylation is 1. The Bertz CT molecular complexity index is 1160. The van der Waals surface area contributed by atoms with Crippen molar-refractivity contribution in [3.05, 3.63) is 84.0 Å². The second-order valence-electron chi connectivity index (χ2n) is 7.28. The number of carbonyl (C=O) groups excluding carboxylic acids is 2. The number of ketones is 1. The number of aliphatic hydroxyl groups is 1. The van der Waals surface area contributed by atoms with Gasteiger partial charge in [0.1, 0.15) is 5.76 Å². The number of methoxy groups -OCH3 is 1. The Balaban J connectivity index is 1.72. The van der Waals surface area contributed by atoms with Crippen LogP contribution in [0.25, 0.3) is 5.76 Å². The maximum absolute atomic E-state index is 14.2. The van der Waals surface area contributed by atoms with Crippen LogP contribution in [-0.4, -0.2) is 49.9 Å². The van der Waals surface area contributed by atoms with Crippen molar-refractivity contribution in [2.24, 2.45) is 0 Å². The molecule has 0 saturated carbocycles. The van der Waals surface area contributed by atoms with Crippen LogP contribution in [0.4, 0.5) is 4.39 Å². The van der Waals surface area contributed by atoms with Gasteiger partial charge in [-0.25, -0.2) is 9.37 Å². The second kappa shape index (κ2) is 9.01. The molecule has 164 valence electrons. The predicted molar refractivity (Wildman–Crippen MR) is 113 cm³/mol. The van der Waals surface area contributed by atoms with Crippen LogP contribution in [0.15, 0.2) is 67.0 Å². The fraction of sp³-hybridized carbons (Fsp3) is 0.217. The average molecular weight is 436 g/mol. The highest BCUT2D eigenvalue weighted by atomic mass is 19.1. The molecule has 1 N–H and O–H groups in total. The van der Waals surface area contributed by atoms with Gasteiger partial charge in [-0.15, -0.1) is 0 Å². The standard InChI is InChI=1S/C23H21FN4O4/c1-32-18-4-3-16(13-17(18)24)21(29)19-20(15-5-7-25-8-6-15)28(23(31)22(19)30)11-2-10-27-12-9-26-14-27/h3-9,12-14,20,29H,2,10-11H2,1H3/t20-/m0/s1. The molecular formula is C23H21FN4O4. The summed E-state index contributed by atoms with van der Waals surface area (Å²) < 4.78 is 21.0. The van der Waals surface area contributed by atoms with E-state index in [0.717, 1.165) is 6.07 Å². The van der Waals surface area contributed by atoms with Gasteiger partial charge in [-0.1, -0.05) is 0 Å². The highest BCUT2D eigenvalue weighted by Crippen LogP contribution is 2.39. The molecule has 32 heavy (non-hydrogen) atoms. The molecule has 1 saturated heterocycles. The third kappa shape index (κ3) is 3.96. The zero-order chi connectivity index (χ0) is 22.7. The molecule has 0 aliphatic carbocycles. The molecule has 1 amide bonds. The van der Waals surface area contributed by atoms with Gasteiger partial charge < -0.3 is 19.3 Å². The Morgan fingerprint density at radius 1 is 1.12 bits per heavy atom. The summed E-state index contributed by atoms with van der Waals surface area (Å²) in [4.78, 5) is 35.3. The maximum atomic E-state index is 14.2. The molecule has 3 heterocycles. The smallest absolute Gasteiger partial charge is 0.295 e. The maximum Gasteiger partial charge on any atom is 0.295 e. The van der Waals surface area contributed by atoms with Gasteiger partial charge in [0.05, 0.1) is 25.1 Å². The Labute approximate surface area is 183 Å². The highest BCUT2D eigenvalue weighted by Gasteiger charge is 2.45. The quantitative estimate of drug-likeness (QED) is 0.348. The van der Waals surface area contributed by atoms with Gasteiger partial charge in [0.2, 0.25) is 0 Å². The Kier molecular flexibility index (Phi) is 5.98. The lowest BCUT2D eigenvalue weighted by Crippen LogP contribution is -2.31. The van der Waals surface area contributed by atoms with E-state index >= 15 is 0 Å². The number of aliphatic hydroxyl groups excluding tert-OH is 1. The Hall–Kier alpha value is -4.01. The average Bonchev–Trinajstić information content (AvgIpc) is 3.41. The van der Waals surface area contributed by atoms with Crippen LogP contribution in [0.1, 0.15) is 23.6 Å². The van der Waals surface area contributed by atoms with Crippen LogP contribution < -0.4 is 4.74 Å². The van der Waals surface area contributed by atoms with Crippen molar-refractivity contribution in [1.29, 1.82) is 0 Å². The van der Waals surface area contributed by atoms with Crippen molar-refractivity contribution < 1.29 is 23.8 Å². The van der Waals surface area contributed by atoms with E-state index in [1.165, 1.54) is 24.1 Å². The minimum absolute atomic E-state index is 0.00665. The molecular weight excluding hydrogens is 415 g/mol. The molecule has 9 heteroatoms. The Morgan fingerprint density at radius 2 is 1.91 bits per heavy atom. The van der Waals surface area contributed by atoms with Gasteiger partial charge in [0, 0.05) is 43.4 Å². The topological polar surface area (TPSA) is 97.6 Å². The Morgan fingerprint density at radius 3 is 2.56 bits per heavy atom. The van der Waals surface area contributed by atoms with E-state index < -0.39 is 29.3 Å². The summed E-state index contributed by atoms with van der Waals surface area (Å²) in [5, 5.41) is 11.0. The fourth-order valence-electron chi connectivity index (χ4n) is 3.81. The molecule has 3 aromatic rings. The van der Waals surface area contributed by atoms with Crippen molar-refractivity contribution in [3.8, 4) is 5.75 Å². The zero-order valence-electron chi connectivity index (χ0n) is 17.3. The van der Waals surface area contributed by atoms with Gasteiger partial charge in [0.25, 0.3) is 11.7 Å². The minimum Gasteiger partial charge on any atom is -0.507 e. The van der Waals surface area contributed by atoms with Crippen LogP contribution in [-0.2, 0) is 16.1 Å². The van der Waals surface area contributed by atoms with E-state index in [1.807, 2.05) is 10.8 Å². The number of hydrogen-bond acceptors (Lipinski definition) is 6. The molecule has 2 aromatic heterocycles. The lowest BCUT2D eigenvalue weighted by molar-refractivity contribution is -0.139. The summed E-state index contributed by atoms with van der Waals surface area (Å²) in [6.07, 6.45) is 8.82. The number of likely N-dealkylation sites (tertiary alicyclic amines) is 1. The number of nitrogens with zero attached hydrogens (tertiary/aromatic N) is 4. The molecule has 8 nitrogen and oxygen atoms in total. The number of aromatic nitrogens is 3. The van der Waals surface area contributed by atoms with Crippen LogP contribution in [0.3, 0.4) is 0 Å². The number of halogens is 1. The number of Topliss-reactive ketones (excluding diaryl/α,β-unsaturated/α-hetero) is 1. The van der Waals surface area contributed by atoms with Gasteiger partial charge in [-0.2, -0.15) is 0 Å². The predicted octanol–water partition coefficient (Wildman–Crippen LogP) is 2.94. The monoisotopic (exact) mass is 436 g/mol. The lowest BCUT2D eigenvalue weighted by atomic mass is 9.96. The number of pyridine rings is 1. The first-order chi connectivity index (χ1) is 15.5. The number of rotatable bonds is 7. The van der Waals surface area contributed by atoms with Gasteiger partial charge in [-0.3, -0.25) is 14.6 Å². The van der Waals surface area contributed by atoms with Crippen molar-refractivity contribution >= 4 is 17.4 Å². The van der Waals surface area contributed by atoms with Crippen molar-refractivity contribution in [1.82, 2.24) is 19.4 Å². The molecule has 0 spiro atoms. The molecule has 4 rings (SSSR count). The van der Waals surface area contributed by atoms with Crippen LogP contribution in [0.2, 0.25) is 0 Å². The van der Waals surface area contributed by atoms with Gasteiger partial charge in [-0.05, 0) is 42.3 Å². The SMILES string of the molecule is COc1ccc(C(O)=C2C(=O)C(=O)N(CCCn3ccnc3)[C@H]2c2ccncc2)cc1F.